The maximum atomic E-state index is 12.8. The molecular weight excluding hydrogens is 410 g/mol. The molecule has 20 heavy (non-hydrogen) atoms. The van der Waals surface area contributed by atoms with Gasteiger partial charge in [-0.3, -0.25) is 0 Å². The summed E-state index contributed by atoms with van der Waals surface area (Å²) >= 11 is 6.78. The van der Waals surface area contributed by atoms with Crippen LogP contribution in [-0.4, -0.2) is 38.0 Å². The summed E-state index contributed by atoms with van der Waals surface area (Å²) in [5, 5.41) is 0. The van der Waals surface area contributed by atoms with Gasteiger partial charge in [0, 0.05) is 22.0 Å². The third-order valence-electron chi connectivity index (χ3n) is 3.84. The monoisotopic (exact) mass is 423 g/mol. The van der Waals surface area contributed by atoms with Crippen LogP contribution in [0.4, 0.5) is 0 Å². The SMILES string of the molecule is Cc1cc(Br)c(S(=O)(=O)N2CC3CCC(C2)O3)cc1Br. The molecule has 4 nitrogen and oxygen atoms in total. The third-order valence-corrected chi connectivity index (χ3v) is 7.49. The molecule has 0 N–H and O–H groups in total. The van der Waals surface area contributed by atoms with Crippen LogP contribution >= 0.6 is 31.9 Å². The average Bonchev–Trinajstić information content (AvgIpc) is 2.72. The van der Waals surface area contributed by atoms with Gasteiger partial charge in [0.05, 0.1) is 17.1 Å². The van der Waals surface area contributed by atoms with Crippen molar-refractivity contribution in [1.29, 1.82) is 0 Å². The molecule has 0 spiro atoms. The first-order chi connectivity index (χ1) is 9.38. The Kier molecular flexibility index (Phi) is 4.01. The van der Waals surface area contributed by atoms with Gasteiger partial charge < -0.3 is 4.74 Å². The van der Waals surface area contributed by atoms with Crippen molar-refractivity contribution >= 4 is 41.9 Å². The van der Waals surface area contributed by atoms with Crippen molar-refractivity contribution in [3.05, 3.63) is 26.6 Å². The molecule has 0 aromatic heterocycles. The fraction of sp³-hybridized carbons (Fsp3) is 0.538. The smallest absolute Gasteiger partial charge is 0.244 e. The summed E-state index contributed by atoms with van der Waals surface area (Å²) in [4.78, 5) is 0.316. The number of ether oxygens (including phenoxy) is 1. The number of halogens is 2. The van der Waals surface area contributed by atoms with E-state index in [1.165, 1.54) is 0 Å². The average molecular weight is 425 g/mol. The van der Waals surface area contributed by atoms with Gasteiger partial charge >= 0.3 is 0 Å². The lowest BCUT2D eigenvalue weighted by atomic mass is 10.2. The van der Waals surface area contributed by atoms with Gasteiger partial charge in [0.2, 0.25) is 10.0 Å². The number of hydrogen-bond donors (Lipinski definition) is 0. The molecule has 2 atom stereocenters. The van der Waals surface area contributed by atoms with Crippen LogP contribution in [0.2, 0.25) is 0 Å². The summed E-state index contributed by atoms with van der Waals surface area (Å²) in [5.74, 6) is 0. The molecule has 3 rings (SSSR count). The van der Waals surface area contributed by atoms with E-state index in [0.29, 0.717) is 22.5 Å². The van der Waals surface area contributed by atoms with E-state index >= 15 is 0 Å². The first-order valence-corrected chi connectivity index (χ1v) is 9.52. The fourth-order valence-electron chi connectivity index (χ4n) is 2.74. The summed E-state index contributed by atoms with van der Waals surface area (Å²) in [5.41, 5.74) is 0.998. The first kappa shape index (κ1) is 15.0. The van der Waals surface area contributed by atoms with Crippen LogP contribution in [0.15, 0.2) is 26.0 Å². The molecule has 0 saturated carbocycles. The second-order valence-electron chi connectivity index (χ2n) is 5.31. The van der Waals surface area contributed by atoms with Crippen LogP contribution in [0.3, 0.4) is 0 Å². The van der Waals surface area contributed by atoms with Crippen molar-refractivity contribution in [2.75, 3.05) is 13.1 Å². The minimum Gasteiger partial charge on any atom is -0.372 e. The number of aryl methyl sites for hydroxylation is 1. The lowest BCUT2D eigenvalue weighted by molar-refractivity contribution is -0.0114. The van der Waals surface area contributed by atoms with Crippen LogP contribution < -0.4 is 0 Å². The summed E-state index contributed by atoms with van der Waals surface area (Å²) in [6.45, 7) is 2.84. The Hall–Kier alpha value is 0.0500. The molecular formula is C13H15Br2NO3S. The molecule has 2 bridgehead atoms. The quantitative estimate of drug-likeness (QED) is 0.732. The topological polar surface area (TPSA) is 46.6 Å². The van der Waals surface area contributed by atoms with Crippen LogP contribution in [0.25, 0.3) is 0 Å². The minimum absolute atomic E-state index is 0.0520. The van der Waals surface area contributed by atoms with Gasteiger partial charge in [-0.1, -0.05) is 15.9 Å². The van der Waals surface area contributed by atoms with E-state index in [4.69, 9.17) is 4.74 Å². The molecule has 2 unspecified atom stereocenters. The highest BCUT2D eigenvalue weighted by atomic mass is 79.9. The minimum atomic E-state index is -3.48. The van der Waals surface area contributed by atoms with Crippen molar-refractivity contribution in [2.45, 2.75) is 36.9 Å². The summed E-state index contributed by atoms with van der Waals surface area (Å²) in [7, 11) is -3.48. The zero-order chi connectivity index (χ0) is 14.5. The van der Waals surface area contributed by atoms with E-state index in [1.54, 1.807) is 10.4 Å². The number of nitrogens with zero attached hydrogens (tertiary/aromatic N) is 1. The van der Waals surface area contributed by atoms with Crippen molar-refractivity contribution in [1.82, 2.24) is 4.31 Å². The Morgan fingerprint density at radius 3 is 2.35 bits per heavy atom. The first-order valence-electron chi connectivity index (χ1n) is 6.49. The predicted molar refractivity (Wildman–Crippen MR) is 83.2 cm³/mol. The van der Waals surface area contributed by atoms with Crippen molar-refractivity contribution in [3.8, 4) is 0 Å². The number of hydrogen-bond acceptors (Lipinski definition) is 3. The number of benzene rings is 1. The van der Waals surface area contributed by atoms with Crippen molar-refractivity contribution < 1.29 is 13.2 Å². The lowest BCUT2D eigenvalue weighted by Gasteiger charge is -2.31. The number of fused-ring (bicyclic) bond motifs is 2. The number of morpholine rings is 1. The van der Waals surface area contributed by atoms with E-state index in [0.717, 1.165) is 22.9 Å². The molecule has 1 aromatic carbocycles. The zero-order valence-electron chi connectivity index (χ0n) is 11.0. The maximum absolute atomic E-state index is 12.8. The van der Waals surface area contributed by atoms with E-state index in [9.17, 15) is 8.42 Å². The molecule has 0 radical (unpaired) electrons. The molecule has 1 aromatic rings. The molecule has 2 heterocycles. The summed E-state index contributed by atoms with van der Waals surface area (Å²) < 4.78 is 34.3. The Balaban J connectivity index is 1.98. The van der Waals surface area contributed by atoms with Gasteiger partial charge in [0.25, 0.3) is 0 Å². The summed E-state index contributed by atoms with van der Waals surface area (Å²) in [6, 6.07) is 3.50. The van der Waals surface area contributed by atoms with Gasteiger partial charge in [-0.25, -0.2) is 8.42 Å². The predicted octanol–water partition coefficient (Wildman–Crippen LogP) is 3.07. The van der Waals surface area contributed by atoms with E-state index in [-0.39, 0.29) is 12.2 Å². The highest BCUT2D eigenvalue weighted by molar-refractivity contribution is 9.11. The Morgan fingerprint density at radius 1 is 1.15 bits per heavy atom. The third kappa shape index (κ3) is 2.59. The second-order valence-corrected chi connectivity index (χ2v) is 8.93. The zero-order valence-corrected chi connectivity index (χ0v) is 15.0. The van der Waals surface area contributed by atoms with Gasteiger partial charge in [0.1, 0.15) is 0 Å². The molecule has 2 aliphatic rings. The highest BCUT2D eigenvalue weighted by Crippen LogP contribution is 2.34. The molecule has 7 heteroatoms. The molecule has 2 aliphatic heterocycles. The van der Waals surface area contributed by atoms with Crippen molar-refractivity contribution in [3.63, 3.8) is 0 Å². The normalized spacial score (nSPS) is 26.9. The van der Waals surface area contributed by atoms with Gasteiger partial charge in [-0.15, -0.1) is 0 Å². The van der Waals surface area contributed by atoms with Gasteiger partial charge in [0.15, 0.2) is 0 Å². The Labute approximate surface area is 135 Å². The van der Waals surface area contributed by atoms with Crippen LogP contribution in [-0.2, 0) is 14.8 Å². The lowest BCUT2D eigenvalue weighted by Crippen LogP contribution is -2.45. The standard InChI is InChI=1S/C13H15Br2NO3S/c1-8-4-12(15)13(5-11(8)14)20(17,18)16-6-9-2-3-10(7-16)19-9/h4-5,9-10H,2-3,6-7H2,1H3. The molecule has 110 valence electrons. The van der Waals surface area contributed by atoms with E-state index in [1.807, 2.05) is 13.0 Å². The van der Waals surface area contributed by atoms with E-state index in [2.05, 4.69) is 31.9 Å². The fourth-order valence-corrected chi connectivity index (χ4v) is 5.88. The van der Waals surface area contributed by atoms with Crippen LogP contribution in [0, 0.1) is 6.92 Å². The Bertz CT molecular complexity index is 635. The molecule has 2 fully saturated rings. The van der Waals surface area contributed by atoms with Crippen LogP contribution in [0.1, 0.15) is 18.4 Å². The Morgan fingerprint density at radius 2 is 1.75 bits per heavy atom. The van der Waals surface area contributed by atoms with Gasteiger partial charge in [-0.2, -0.15) is 4.31 Å². The number of sulfonamides is 1. The largest absolute Gasteiger partial charge is 0.372 e. The number of rotatable bonds is 2. The molecule has 0 aliphatic carbocycles. The maximum Gasteiger partial charge on any atom is 0.244 e. The summed E-state index contributed by atoms with van der Waals surface area (Å²) in [6.07, 6.45) is 2.01. The highest BCUT2D eigenvalue weighted by Gasteiger charge is 2.40. The van der Waals surface area contributed by atoms with Gasteiger partial charge in [-0.05, 0) is 53.4 Å². The second kappa shape index (κ2) is 5.35. The molecule has 0 amide bonds. The van der Waals surface area contributed by atoms with Crippen molar-refractivity contribution in [2.24, 2.45) is 0 Å². The van der Waals surface area contributed by atoms with E-state index < -0.39 is 10.0 Å². The van der Waals surface area contributed by atoms with Crippen LogP contribution in [0.5, 0.6) is 0 Å². The molecule has 2 saturated heterocycles.